The molecule has 3 amide bonds. The van der Waals surface area contributed by atoms with Gasteiger partial charge in [-0.2, -0.15) is 5.26 Å². The van der Waals surface area contributed by atoms with E-state index in [2.05, 4.69) is 38.5 Å². The van der Waals surface area contributed by atoms with E-state index in [0.29, 0.717) is 42.1 Å². The molecule has 2 N–H and O–H groups in total. The quantitative estimate of drug-likeness (QED) is 0.457. The maximum Gasteiger partial charge on any atom is 0.317 e. The molecule has 1 fully saturated rings. The molecule has 3 heterocycles. The minimum Gasteiger partial charge on any atom is -0.352 e. The van der Waals surface area contributed by atoms with Crippen molar-refractivity contribution in [2.24, 2.45) is 0 Å². The van der Waals surface area contributed by atoms with E-state index in [-0.39, 0.29) is 34.3 Å². The summed E-state index contributed by atoms with van der Waals surface area (Å²) in [6.45, 7) is 8.90. The second kappa shape index (κ2) is 13.6. The molecule has 0 radical (unpaired) electrons. The molecule has 0 aliphatic carbocycles. The molecular formula is C26H33Cl2N7O2. The average molecular weight is 547 g/mol. The Morgan fingerprint density at radius 3 is 2.62 bits per heavy atom. The fourth-order valence-electron chi connectivity index (χ4n) is 4.60. The molecule has 3 rings (SSSR count). The van der Waals surface area contributed by atoms with Crippen molar-refractivity contribution >= 4 is 35.1 Å². The predicted molar refractivity (Wildman–Crippen MR) is 144 cm³/mol. The second-order valence-corrected chi connectivity index (χ2v) is 9.92. The van der Waals surface area contributed by atoms with Crippen LogP contribution >= 0.6 is 23.2 Å². The van der Waals surface area contributed by atoms with Crippen LogP contribution in [-0.2, 0) is 6.54 Å². The molecule has 1 saturated heterocycles. The highest BCUT2D eigenvalue weighted by Crippen LogP contribution is 2.23. The molecule has 9 nitrogen and oxygen atoms in total. The molecule has 1 atom stereocenters. The third kappa shape index (κ3) is 7.78. The summed E-state index contributed by atoms with van der Waals surface area (Å²) in [5.74, 6) is -0.260. The SMILES string of the molecule is CCNC(=O)N(Cc1cccc(C#N)n1)C1CCN(C(C)CCNC(=O)c2c(C)cc(Cl)nc2Cl)CC1. The molecule has 11 heteroatoms. The minimum atomic E-state index is -0.260. The molecule has 37 heavy (non-hydrogen) atoms. The molecule has 1 aliphatic rings. The zero-order valence-electron chi connectivity index (χ0n) is 21.4. The van der Waals surface area contributed by atoms with Gasteiger partial charge in [0.1, 0.15) is 22.1 Å². The Hall–Kier alpha value is -2.93. The van der Waals surface area contributed by atoms with E-state index in [1.165, 1.54) is 0 Å². The van der Waals surface area contributed by atoms with Crippen LogP contribution in [0.15, 0.2) is 24.3 Å². The fourth-order valence-corrected chi connectivity index (χ4v) is 5.21. The van der Waals surface area contributed by atoms with Gasteiger partial charge in [0.25, 0.3) is 5.91 Å². The number of nitrogens with one attached hydrogen (secondary N) is 2. The van der Waals surface area contributed by atoms with Crippen molar-refractivity contribution in [1.82, 2.24) is 30.4 Å². The van der Waals surface area contributed by atoms with Crippen LogP contribution in [0.25, 0.3) is 0 Å². The highest BCUT2D eigenvalue weighted by Gasteiger charge is 2.30. The van der Waals surface area contributed by atoms with Gasteiger partial charge in [0, 0.05) is 38.3 Å². The van der Waals surface area contributed by atoms with Crippen molar-refractivity contribution in [3.05, 3.63) is 57.1 Å². The van der Waals surface area contributed by atoms with Gasteiger partial charge >= 0.3 is 6.03 Å². The highest BCUT2D eigenvalue weighted by atomic mass is 35.5. The van der Waals surface area contributed by atoms with Gasteiger partial charge in [-0.15, -0.1) is 0 Å². The maximum atomic E-state index is 12.9. The molecule has 0 spiro atoms. The largest absolute Gasteiger partial charge is 0.352 e. The highest BCUT2D eigenvalue weighted by molar-refractivity contribution is 6.34. The van der Waals surface area contributed by atoms with E-state index in [1.807, 2.05) is 17.9 Å². The van der Waals surface area contributed by atoms with Crippen molar-refractivity contribution in [3.63, 3.8) is 0 Å². The monoisotopic (exact) mass is 545 g/mol. The number of carbonyl (C=O) groups is 2. The number of halogens is 2. The number of aryl methyl sites for hydroxylation is 1. The number of likely N-dealkylation sites (tertiary alicyclic amines) is 1. The number of hydrogen-bond donors (Lipinski definition) is 2. The molecular weight excluding hydrogens is 513 g/mol. The molecule has 1 unspecified atom stereocenters. The first-order valence-electron chi connectivity index (χ1n) is 12.5. The lowest BCUT2D eigenvalue weighted by Crippen LogP contribution is -2.52. The Bertz CT molecular complexity index is 1120. The van der Waals surface area contributed by atoms with Crippen LogP contribution in [-0.4, -0.2) is 70.0 Å². The maximum absolute atomic E-state index is 12.9. The van der Waals surface area contributed by atoms with Gasteiger partial charge in [0.15, 0.2) is 0 Å². The van der Waals surface area contributed by atoms with Gasteiger partial charge in [-0.1, -0.05) is 29.3 Å². The number of amides is 3. The Labute approximate surface area is 228 Å². The summed E-state index contributed by atoms with van der Waals surface area (Å²) in [7, 11) is 0. The number of piperidine rings is 1. The van der Waals surface area contributed by atoms with Crippen LogP contribution in [0, 0.1) is 18.3 Å². The van der Waals surface area contributed by atoms with E-state index < -0.39 is 0 Å². The first-order valence-corrected chi connectivity index (χ1v) is 13.2. The summed E-state index contributed by atoms with van der Waals surface area (Å²) in [5, 5.41) is 15.4. The number of aromatic nitrogens is 2. The molecule has 0 aromatic carbocycles. The minimum absolute atomic E-state index is 0.0739. The standard InChI is InChI=1S/C26H33Cl2N7O2/c1-4-30-26(37)35(16-20-7-5-6-19(15-29)32-20)21-9-12-34(13-10-21)18(3)8-11-31-25(36)23-17(2)14-22(27)33-24(23)28/h5-7,14,18,21H,4,8-13,16H2,1-3H3,(H,30,37)(H,31,36). The average Bonchev–Trinajstić information content (AvgIpc) is 2.87. The van der Waals surface area contributed by atoms with Crippen LogP contribution in [0.5, 0.6) is 0 Å². The molecule has 0 saturated carbocycles. The predicted octanol–water partition coefficient (Wildman–Crippen LogP) is 4.17. The molecule has 0 bridgehead atoms. The number of nitriles is 1. The Morgan fingerprint density at radius 2 is 1.97 bits per heavy atom. The summed E-state index contributed by atoms with van der Waals surface area (Å²) in [6, 6.07) is 9.18. The smallest absolute Gasteiger partial charge is 0.317 e. The number of rotatable bonds is 9. The Morgan fingerprint density at radius 1 is 1.24 bits per heavy atom. The first kappa shape index (κ1) is 28.6. The van der Waals surface area contributed by atoms with Gasteiger partial charge in [0.05, 0.1) is 17.8 Å². The van der Waals surface area contributed by atoms with Gasteiger partial charge in [0.2, 0.25) is 0 Å². The molecule has 198 valence electrons. The number of nitrogens with zero attached hydrogens (tertiary/aromatic N) is 5. The summed E-state index contributed by atoms with van der Waals surface area (Å²) in [4.78, 5) is 38.0. The zero-order chi connectivity index (χ0) is 26.9. The van der Waals surface area contributed by atoms with Crippen LogP contribution in [0.4, 0.5) is 4.79 Å². The third-order valence-corrected chi connectivity index (χ3v) is 7.09. The van der Waals surface area contributed by atoms with Crippen LogP contribution in [0.3, 0.4) is 0 Å². The van der Waals surface area contributed by atoms with Crippen molar-refractivity contribution in [3.8, 4) is 6.07 Å². The van der Waals surface area contributed by atoms with Crippen LogP contribution < -0.4 is 10.6 Å². The van der Waals surface area contributed by atoms with Crippen molar-refractivity contribution in [2.45, 2.75) is 58.7 Å². The van der Waals surface area contributed by atoms with E-state index >= 15 is 0 Å². The van der Waals surface area contributed by atoms with E-state index in [4.69, 9.17) is 28.5 Å². The Balaban J connectivity index is 1.53. The van der Waals surface area contributed by atoms with Crippen molar-refractivity contribution in [2.75, 3.05) is 26.2 Å². The van der Waals surface area contributed by atoms with Gasteiger partial charge in [-0.05, 0) is 63.8 Å². The summed E-state index contributed by atoms with van der Waals surface area (Å²) < 4.78 is 0. The first-order chi connectivity index (χ1) is 17.7. The summed E-state index contributed by atoms with van der Waals surface area (Å²) in [5.41, 5.74) is 2.07. The van der Waals surface area contributed by atoms with Gasteiger partial charge in [-0.25, -0.2) is 14.8 Å². The number of pyridine rings is 2. The molecule has 2 aromatic rings. The van der Waals surface area contributed by atoms with Crippen molar-refractivity contribution in [1.29, 1.82) is 5.26 Å². The number of urea groups is 1. The number of carbonyl (C=O) groups excluding carboxylic acids is 2. The normalized spacial score (nSPS) is 15.0. The van der Waals surface area contributed by atoms with Crippen LogP contribution in [0.2, 0.25) is 10.3 Å². The zero-order valence-corrected chi connectivity index (χ0v) is 22.9. The van der Waals surface area contributed by atoms with E-state index in [0.717, 1.165) is 32.4 Å². The molecule has 2 aromatic heterocycles. The topological polar surface area (TPSA) is 114 Å². The molecule has 1 aliphatic heterocycles. The third-order valence-electron chi connectivity index (χ3n) is 6.62. The fraction of sp³-hybridized carbons (Fsp3) is 0.500. The second-order valence-electron chi connectivity index (χ2n) is 9.18. The van der Waals surface area contributed by atoms with Crippen LogP contribution in [0.1, 0.15) is 60.4 Å². The number of hydrogen-bond acceptors (Lipinski definition) is 6. The summed E-state index contributed by atoms with van der Waals surface area (Å²) >= 11 is 12.0. The van der Waals surface area contributed by atoms with E-state index in [9.17, 15) is 9.59 Å². The lowest BCUT2D eigenvalue weighted by Gasteiger charge is -2.40. The van der Waals surface area contributed by atoms with Crippen molar-refractivity contribution < 1.29 is 9.59 Å². The summed E-state index contributed by atoms with van der Waals surface area (Å²) in [6.07, 6.45) is 2.44. The lowest BCUT2D eigenvalue weighted by molar-refractivity contribution is 0.0902. The van der Waals surface area contributed by atoms with Gasteiger partial charge < -0.3 is 20.4 Å². The lowest BCUT2D eigenvalue weighted by atomic mass is 10.0. The van der Waals surface area contributed by atoms with E-state index in [1.54, 1.807) is 25.1 Å². The Kier molecular flexibility index (Phi) is 10.5. The van der Waals surface area contributed by atoms with Gasteiger partial charge in [-0.3, -0.25) is 4.79 Å².